The summed E-state index contributed by atoms with van der Waals surface area (Å²) < 4.78 is 0. The molecular formula is C9H11ClN4S. The Morgan fingerprint density at radius 1 is 1.47 bits per heavy atom. The Kier molecular flexibility index (Phi) is 3.43. The van der Waals surface area contributed by atoms with Crippen molar-refractivity contribution in [3.8, 4) is 0 Å². The summed E-state index contributed by atoms with van der Waals surface area (Å²) >= 11 is 7.49. The van der Waals surface area contributed by atoms with Crippen LogP contribution in [0.25, 0.3) is 11.2 Å². The van der Waals surface area contributed by atoms with Gasteiger partial charge in [-0.1, -0.05) is 13.3 Å². The van der Waals surface area contributed by atoms with E-state index in [4.69, 9.17) is 11.6 Å². The van der Waals surface area contributed by atoms with Gasteiger partial charge in [-0.15, -0.1) is 11.8 Å². The first kappa shape index (κ1) is 10.7. The standard InChI is InChI=1S/C9H11ClN4S/c1-2-3-4-15-8-6-7(12-5-11-6)13-9(10)14-8/h5H,2-4H2,1H3,(H,11,12,13,14). The van der Waals surface area contributed by atoms with Gasteiger partial charge in [0.2, 0.25) is 5.28 Å². The lowest BCUT2D eigenvalue weighted by molar-refractivity contribution is 0.894. The molecule has 0 aliphatic carbocycles. The maximum atomic E-state index is 5.80. The highest BCUT2D eigenvalue weighted by atomic mass is 35.5. The molecule has 0 aromatic carbocycles. The number of hydrogen-bond donors (Lipinski definition) is 1. The second kappa shape index (κ2) is 4.81. The number of nitrogens with zero attached hydrogens (tertiary/aromatic N) is 3. The number of halogens is 1. The molecule has 0 aliphatic rings. The van der Waals surface area contributed by atoms with Crippen LogP contribution in [0, 0.1) is 0 Å². The molecule has 0 saturated carbocycles. The van der Waals surface area contributed by atoms with Crippen molar-refractivity contribution in [1.82, 2.24) is 19.9 Å². The molecule has 0 saturated heterocycles. The van der Waals surface area contributed by atoms with Gasteiger partial charge in [-0.05, 0) is 23.8 Å². The third kappa shape index (κ3) is 2.41. The summed E-state index contributed by atoms with van der Waals surface area (Å²) in [5.41, 5.74) is 1.51. The van der Waals surface area contributed by atoms with E-state index in [9.17, 15) is 0 Å². The predicted molar refractivity (Wildman–Crippen MR) is 62.3 cm³/mol. The van der Waals surface area contributed by atoms with E-state index in [2.05, 4.69) is 26.9 Å². The van der Waals surface area contributed by atoms with Crippen LogP contribution in [0.15, 0.2) is 11.4 Å². The third-order valence-electron chi connectivity index (χ3n) is 1.96. The van der Waals surface area contributed by atoms with E-state index in [1.165, 1.54) is 12.8 Å². The quantitative estimate of drug-likeness (QED) is 0.388. The molecule has 0 aliphatic heterocycles. The maximum absolute atomic E-state index is 5.80. The van der Waals surface area contributed by atoms with Gasteiger partial charge in [0.05, 0.1) is 6.33 Å². The van der Waals surface area contributed by atoms with E-state index in [0.717, 1.165) is 16.3 Å². The van der Waals surface area contributed by atoms with Crippen LogP contribution >= 0.6 is 23.4 Å². The molecule has 0 radical (unpaired) electrons. The van der Waals surface area contributed by atoms with Gasteiger partial charge in [-0.25, -0.2) is 9.97 Å². The summed E-state index contributed by atoms with van der Waals surface area (Å²) in [6.07, 6.45) is 3.96. The van der Waals surface area contributed by atoms with Crippen LogP contribution in [0.1, 0.15) is 19.8 Å². The van der Waals surface area contributed by atoms with Crippen LogP contribution in [0.5, 0.6) is 0 Å². The van der Waals surface area contributed by atoms with Gasteiger partial charge < -0.3 is 4.98 Å². The minimum Gasteiger partial charge on any atom is -0.341 e. The fraction of sp³-hybridized carbons (Fsp3) is 0.444. The lowest BCUT2D eigenvalue weighted by Gasteiger charge is -2.00. The van der Waals surface area contributed by atoms with Crippen molar-refractivity contribution in [3.05, 3.63) is 11.6 Å². The second-order valence-electron chi connectivity index (χ2n) is 3.10. The Morgan fingerprint density at radius 2 is 2.33 bits per heavy atom. The molecule has 2 aromatic heterocycles. The van der Waals surface area contributed by atoms with Crippen LogP contribution in [0.4, 0.5) is 0 Å². The average Bonchev–Trinajstić information content (AvgIpc) is 2.65. The van der Waals surface area contributed by atoms with E-state index < -0.39 is 0 Å². The van der Waals surface area contributed by atoms with Gasteiger partial charge in [0.25, 0.3) is 0 Å². The number of rotatable bonds is 4. The largest absolute Gasteiger partial charge is 0.341 e. The number of fused-ring (bicyclic) bond motifs is 1. The summed E-state index contributed by atoms with van der Waals surface area (Å²) in [6, 6.07) is 0. The Hall–Kier alpha value is -0.810. The van der Waals surface area contributed by atoms with Crippen LogP contribution in [0.2, 0.25) is 5.28 Å². The van der Waals surface area contributed by atoms with Gasteiger partial charge in [0.15, 0.2) is 5.65 Å². The summed E-state index contributed by atoms with van der Waals surface area (Å²) in [5.74, 6) is 1.04. The number of imidazole rings is 1. The van der Waals surface area contributed by atoms with Gasteiger partial charge in [0, 0.05) is 0 Å². The summed E-state index contributed by atoms with van der Waals surface area (Å²) in [5, 5.41) is 1.14. The Labute approximate surface area is 96.9 Å². The zero-order chi connectivity index (χ0) is 10.7. The molecule has 15 heavy (non-hydrogen) atoms. The molecule has 0 unspecified atom stereocenters. The van der Waals surface area contributed by atoms with Crippen molar-refractivity contribution in [2.45, 2.75) is 24.8 Å². The van der Waals surface area contributed by atoms with Crippen LogP contribution < -0.4 is 0 Å². The molecule has 1 N–H and O–H groups in total. The molecule has 80 valence electrons. The molecule has 0 amide bonds. The van der Waals surface area contributed by atoms with Crippen LogP contribution in [-0.2, 0) is 0 Å². The minimum absolute atomic E-state index is 0.258. The summed E-state index contributed by atoms with van der Waals surface area (Å²) in [4.78, 5) is 15.3. The van der Waals surface area contributed by atoms with Gasteiger partial charge in [-0.3, -0.25) is 0 Å². The fourth-order valence-corrected chi connectivity index (χ4v) is 2.49. The first-order valence-corrected chi connectivity index (χ1v) is 6.17. The van der Waals surface area contributed by atoms with Crippen molar-refractivity contribution >= 4 is 34.5 Å². The molecule has 0 bridgehead atoms. The lowest BCUT2D eigenvalue weighted by atomic mass is 10.4. The Bertz CT molecular complexity index is 456. The predicted octanol–water partition coefficient (Wildman–Crippen LogP) is 2.90. The van der Waals surface area contributed by atoms with E-state index in [1.807, 2.05) is 0 Å². The Morgan fingerprint density at radius 3 is 3.13 bits per heavy atom. The smallest absolute Gasteiger partial charge is 0.225 e. The number of hydrogen-bond acceptors (Lipinski definition) is 4. The molecule has 2 aromatic rings. The minimum atomic E-state index is 0.258. The molecule has 4 nitrogen and oxygen atoms in total. The van der Waals surface area contributed by atoms with Crippen molar-refractivity contribution in [1.29, 1.82) is 0 Å². The van der Waals surface area contributed by atoms with Crippen LogP contribution in [0.3, 0.4) is 0 Å². The molecule has 0 atom stereocenters. The van der Waals surface area contributed by atoms with Gasteiger partial charge >= 0.3 is 0 Å². The first-order chi connectivity index (χ1) is 7.31. The Balaban J connectivity index is 2.27. The zero-order valence-corrected chi connectivity index (χ0v) is 9.90. The van der Waals surface area contributed by atoms with Crippen molar-refractivity contribution in [2.24, 2.45) is 0 Å². The lowest BCUT2D eigenvalue weighted by Crippen LogP contribution is -1.90. The number of unbranched alkanes of at least 4 members (excludes halogenated alkanes) is 1. The topological polar surface area (TPSA) is 54.5 Å². The van der Waals surface area contributed by atoms with Gasteiger partial charge in [-0.2, -0.15) is 4.98 Å². The molecule has 2 heterocycles. The van der Waals surface area contributed by atoms with Crippen LogP contribution in [-0.4, -0.2) is 25.7 Å². The molecule has 6 heteroatoms. The van der Waals surface area contributed by atoms with Crippen molar-refractivity contribution in [2.75, 3.05) is 5.75 Å². The third-order valence-corrected chi connectivity index (χ3v) is 3.19. The van der Waals surface area contributed by atoms with E-state index in [-0.39, 0.29) is 5.28 Å². The molecular weight excluding hydrogens is 232 g/mol. The highest BCUT2D eigenvalue weighted by Crippen LogP contribution is 2.24. The highest BCUT2D eigenvalue weighted by molar-refractivity contribution is 7.99. The number of thioether (sulfide) groups is 1. The molecule has 0 spiro atoms. The van der Waals surface area contributed by atoms with Gasteiger partial charge in [0.1, 0.15) is 10.5 Å². The number of aromatic amines is 1. The average molecular weight is 243 g/mol. The monoisotopic (exact) mass is 242 g/mol. The molecule has 0 fully saturated rings. The molecule has 2 rings (SSSR count). The van der Waals surface area contributed by atoms with E-state index in [0.29, 0.717) is 5.65 Å². The number of H-pyrrole nitrogens is 1. The van der Waals surface area contributed by atoms with Crippen molar-refractivity contribution in [3.63, 3.8) is 0 Å². The normalized spacial score (nSPS) is 11.1. The fourth-order valence-electron chi connectivity index (χ4n) is 1.20. The summed E-state index contributed by atoms with van der Waals surface area (Å²) in [6.45, 7) is 2.17. The zero-order valence-electron chi connectivity index (χ0n) is 8.33. The maximum Gasteiger partial charge on any atom is 0.225 e. The summed E-state index contributed by atoms with van der Waals surface area (Å²) in [7, 11) is 0. The SMILES string of the molecule is CCCCSc1nc(Cl)nc2nc[nH]c12. The first-order valence-electron chi connectivity index (χ1n) is 4.80. The van der Waals surface area contributed by atoms with E-state index in [1.54, 1.807) is 18.1 Å². The number of aromatic nitrogens is 4. The van der Waals surface area contributed by atoms with E-state index >= 15 is 0 Å². The number of nitrogens with one attached hydrogen (secondary N) is 1. The highest BCUT2D eigenvalue weighted by Gasteiger charge is 2.08. The van der Waals surface area contributed by atoms with Crippen molar-refractivity contribution < 1.29 is 0 Å². The second-order valence-corrected chi connectivity index (χ2v) is 4.52.